The van der Waals surface area contributed by atoms with Gasteiger partial charge in [0, 0.05) is 12.6 Å². The Labute approximate surface area is 235 Å². The number of hydrazine groups is 1. The Hall–Kier alpha value is -2.67. The molecule has 6 nitrogen and oxygen atoms in total. The zero-order chi connectivity index (χ0) is 30.1. The standard InChI is InChI=1S/C29H35F6N3O3/c1-20-17-27(21-8-4-3-5-9-21,10-13-38(20)36-25(40)18-37-11-6-7-12-37)41-26(2,19-39)22-14-23(28(30,31)32)16-24(15-22)29(33,34)35/h3-5,8-9,14-16,20,39H,6-7,10-13,17-19H2,1-2H3,(H,36,40). The third kappa shape index (κ3) is 7.22. The molecule has 0 spiro atoms. The molecule has 0 bridgehead atoms. The summed E-state index contributed by atoms with van der Waals surface area (Å²) in [5.74, 6) is -0.157. The smallest absolute Gasteiger partial charge is 0.393 e. The molecule has 0 radical (unpaired) electrons. The average Bonchev–Trinajstić information content (AvgIpc) is 3.42. The molecule has 41 heavy (non-hydrogen) atoms. The number of carbonyl (C=O) groups excluding carboxylic acids is 1. The quantitative estimate of drug-likeness (QED) is 0.402. The van der Waals surface area contributed by atoms with E-state index in [1.165, 1.54) is 6.92 Å². The van der Waals surface area contributed by atoms with Crippen molar-refractivity contribution in [2.75, 3.05) is 32.8 Å². The molecule has 3 unspecified atom stereocenters. The Morgan fingerprint density at radius 2 is 1.54 bits per heavy atom. The predicted octanol–water partition coefficient (Wildman–Crippen LogP) is 5.46. The number of rotatable bonds is 8. The lowest BCUT2D eigenvalue weighted by Crippen LogP contribution is -2.58. The van der Waals surface area contributed by atoms with Gasteiger partial charge in [-0.25, -0.2) is 5.01 Å². The molecule has 0 aromatic heterocycles. The molecule has 4 rings (SSSR count). The molecule has 3 atom stereocenters. The van der Waals surface area contributed by atoms with Gasteiger partial charge in [0.25, 0.3) is 0 Å². The van der Waals surface area contributed by atoms with Gasteiger partial charge in [0.15, 0.2) is 0 Å². The van der Waals surface area contributed by atoms with Crippen LogP contribution in [-0.2, 0) is 33.1 Å². The van der Waals surface area contributed by atoms with Crippen LogP contribution < -0.4 is 5.43 Å². The maximum absolute atomic E-state index is 13.6. The highest BCUT2D eigenvalue weighted by molar-refractivity contribution is 5.77. The fourth-order valence-corrected chi connectivity index (χ4v) is 5.75. The van der Waals surface area contributed by atoms with Crippen molar-refractivity contribution in [3.63, 3.8) is 0 Å². The number of carbonyl (C=O) groups is 1. The van der Waals surface area contributed by atoms with Gasteiger partial charge < -0.3 is 9.84 Å². The van der Waals surface area contributed by atoms with Crippen molar-refractivity contribution in [1.82, 2.24) is 15.3 Å². The van der Waals surface area contributed by atoms with E-state index in [1.54, 1.807) is 35.3 Å². The average molecular weight is 588 g/mol. The molecular weight excluding hydrogens is 552 g/mol. The number of ether oxygens (including phenoxy) is 1. The molecule has 1 amide bonds. The largest absolute Gasteiger partial charge is 0.416 e. The second-order valence-electron chi connectivity index (χ2n) is 11.2. The zero-order valence-electron chi connectivity index (χ0n) is 23.0. The monoisotopic (exact) mass is 587 g/mol. The second kappa shape index (κ2) is 11.9. The number of nitrogens with one attached hydrogen (secondary N) is 1. The summed E-state index contributed by atoms with van der Waals surface area (Å²) in [6.45, 7) is 4.58. The van der Waals surface area contributed by atoms with E-state index in [0.29, 0.717) is 24.2 Å². The molecule has 226 valence electrons. The topological polar surface area (TPSA) is 65.0 Å². The van der Waals surface area contributed by atoms with Gasteiger partial charge in [-0.3, -0.25) is 15.1 Å². The Morgan fingerprint density at radius 1 is 0.976 bits per heavy atom. The lowest BCUT2D eigenvalue weighted by Gasteiger charge is -2.49. The van der Waals surface area contributed by atoms with Crippen molar-refractivity contribution in [3.05, 3.63) is 70.8 Å². The van der Waals surface area contributed by atoms with E-state index in [0.717, 1.165) is 25.9 Å². The first-order chi connectivity index (χ1) is 19.1. The molecule has 2 saturated heterocycles. The van der Waals surface area contributed by atoms with Gasteiger partial charge in [0.2, 0.25) is 5.91 Å². The first kappa shape index (κ1) is 31.3. The Kier molecular flexibility index (Phi) is 9.08. The van der Waals surface area contributed by atoms with Crippen molar-refractivity contribution in [1.29, 1.82) is 0 Å². The van der Waals surface area contributed by atoms with Gasteiger partial charge in [-0.15, -0.1) is 0 Å². The maximum Gasteiger partial charge on any atom is 0.416 e. The van der Waals surface area contributed by atoms with Gasteiger partial charge in [0.05, 0.1) is 29.9 Å². The SMILES string of the molecule is CC1CC(OC(C)(CO)c2cc(C(F)(F)F)cc(C(F)(F)F)c2)(c2ccccc2)CCN1NC(=O)CN1CCCC1. The van der Waals surface area contributed by atoms with Crippen LogP contribution in [0.5, 0.6) is 0 Å². The normalized spacial score (nSPS) is 24.3. The predicted molar refractivity (Wildman–Crippen MR) is 139 cm³/mol. The molecule has 0 saturated carbocycles. The van der Waals surface area contributed by atoms with Crippen LogP contribution in [0.15, 0.2) is 48.5 Å². The number of aliphatic hydroxyl groups excluding tert-OH is 1. The van der Waals surface area contributed by atoms with Crippen LogP contribution in [0.25, 0.3) is 0 Å². The van der Waals surface area contributed by atoms with Crippen molar-refractivity contribution in [2.24, 2.45) is 0 Å². The molecule has 2 heterocycles. The Morgan fingerprint density at radius 3 is 2.05 bits per heavy atom. The number of hydrogen-bond acceptors (Lipinski definition) is 5. The van der Waals surface area contributed by atoms with Crippen LogP contribution in [0, 0.1) is 0 Å². The fourth-order valence-electron chi connectivity index (χ4n) is 5.75. The minimum Gasteiger partial charge on any atom is -0.393 e. The molecule has 0 aliphatic carbocycles. The van der Waals surface area contributed by atoms with Crippen molar-refractivity contribution < 1.29 is 41.0 Å². The van der Waals surface area contributed by atoms with Gasteiger partial charge in [-0.05, 0) is 81.9 Å². The first-order valence-electron chi connectivity index (χ1n) is 13.6. The number of nitrogens with zero attached hydrogens (tertiary/aromatic N) is 2. The van der Waals surface area contributed by atoms with Gasteiger partial charge in [0.1, 0.15) is 5.60 Å². The van der Waals surface area contributed by atoms with Crippen LogP contribution in [0.4, 0.5) is 26.3 Å². The third-order valence-corrected chi connectivity index (χ3v) is 7.97. The summed E-state index contributed by atoms with van der Waals surface area (Å²) in [5.41, 5.74) is -2.90. The number of likely N-dealkylation sites (tertiary alicyclic amines) is 1. The number of halogens is 6. The van der Waals surface area contributed by atoms with Crippen LogP contribution >= 0.6 is 0 Å². The Bertz CT molecular complexity index is 1170. The van der Waals surface area contributed by atoms with Crippen LogP contribution in [0.2, 0.25) is 0 Å². The van der Waals surface area contributed by atoms with Gasteiger partial charge >= 0.3 is 12.4 Å². The van der Waals surface area contributed by atoms with E-state index in [2.05, 4.69) is 10.3 Å². The van der Waals surface area contributed by atoms with Crippen LogP contribution in [-0.4, -0.2) is 59.8 Å². The summed E-state index contributed by atoms with van der Waals surface area (Å²) in [5, 5.41) is 12.2. The summed E-state index contributed by atoms with van der Waals surface area (Å²) in [6, 6.07) is 9.81. The number of alkyl halides is 6. The van der Waals surface area contributed by atoms with Crippen LogP contribution in [0.3, 0.4) is 0 Å². The second-order valence-corrected chi connectivity index (χ2v) is 11.2. The lowest BCUT2D eigenvalue weighted by atomic mass is 9.80. The van der Waals surface area contributed by atoms with E-state index in [9.17, 15) is 36.2 Å². The molecule has 2 aromatic rings. The minimum atomic E-state index is -5.05. The lowest BCUT2D eigenvalue weighted by molar-refractivity contribution is -0.206. The minimum absolute atomic E-state index is 0.0552. The zero-order valence-corrected chi connectivity index (χ0v) is 23.0. The first-order valence-corrected chi connectivity index (χ1v) is 13.6. The van der Waals surface area contributed by atoms with E-state index < -0.39 is 46.9 Å². The molecule has 12 heteroatoms. The summed E-state index contributed by atoms with van der Waals surface area (Å²) >= 11 is 0. The number of hydrogen-bond donors (Lipinski definition) is 2. The summed E-state index contributed by atoms with van der Waals surface area (Å²) in [6.07, 6.45) is -7.49. The number of piperidine rings is 1. The molecule has 2 aliphatic rings. The number of benzene rings is 2. The van der Waals surface area contributed by atoms with E-state index in [1.807, 2.05) is 6.92 Å². The van der Waals surface area contributed by atoms with E-state index in [4.69, 9.17) is 4.74 Å². The fraction of sp³-hybridized carbons (Fsp3) is 0.552. The van der Waals surface area contributed by atoms with E-state index >= 15 is 0 Å². The Balaban J connectivity index is 1.66. The van der Waals surface area contributed by atoms with Crippen molar-refractivity contribution in [3.8, 4) is 0 Å². The number of aliphatic hydroxyl groups is 1. The molecule has 2 N–H and O–H groups in total. The molecular formula is C29H35F6N3O3. The third-order valence-electron chi connectivity index (χ3n) is 7.97. The summed E-state index contributed by atoms with van der Waals surface area (Å²) in [4.78, 5) is 14.8. The highest BCUT2D eigenvalue weighted by Crippen LogP contribution is 2.46. The van der Waals surface area contributed by atoms with Gasteiger partial charge in [-0.1, -0.05) is 30.3 Å². The van der Waals surface area contributed by atoms with Crippen LogP contribution in [0.1, 0.15) is 61.8 Å². The highest BCUT2D eigenvalue weighted by atomic mass is 19.4. The molecule has 2 fully saturated rings. The van der Waals surface area contributed by atoms with Crippen molar-refractivity contribution >= 4 is 5.91 Å². The number of amides is 1. The summed E-state index contributed by atoms with van der Waals surface area (Å²) in [7, 11) is 0. The van der Waals surface area contributed by atoms with Gasteiger partial charge in [-0.2, -0.15) is 26.3 Å². The summed E-state index contributed by atoms with van der Waals surface area (Å²) < 4.78 is 88.4. The molecule has 2 aromatic carbocycles. The maximum atomic E-state index is 13.6. The highest BCUT2D eigenvalue weighted by Gasteiger charge is 2.47. The van der Waals surface area contributed by atoms with Crippen molar-refractivity contribution in [2.45, 2.75) is 69.1 Å². The molecule has 2 aliphatic heterocycles. The van der Waals surface area contributed by atoms with E-state index in [-0.39, 0.29) is 37.4 Å².